The van der Waals surface area contributed by atoms with E-state index in [1.54, 1.807) is 6.07 Å². The maximum absolute atomic E-state index is 16.4. The minimum atomic E-state index is -0.636. The molecule has 0 aliphatic carbocycles. The lowest BCUT2D eigenvalue weighted by molar-refractivity contribution is 0.144. The molecule has 40 heavy (non-hydrogen) atoms. The van der Waals surface area contributed by atoms with E-state index in [1.807, 2.05) is 0 Å². The number of likely N-dealkylation sites (N-methyl/N-ethyl adjacent to an activating group) is 1. The molecule has 0 amide bonds. The molecule has 2 saturated heterocycles. The Morgan fingerprint density at radius 1 is 1.05 bits per heavy atom. The van der Waals surface area contributed by atoms with E-state index in [0.29, 0.717) is 36.5 Å². The molecule has 2 aromatic carbocycles. The number of rotatable bonds is 7. The molecule has 2 aliphatic rings. The molecule has 0 radical (unpaired) electrons. The molecule has 2 aliphatic heterocycles. The quantitative estimate of drug-likeness (QED) is 0.312. The van der Waals surface area contributed by atoms with Gasteiger partial charge in [-0.25, -0.2) is 13.8 Å². The van der Waals surface area contributed by atoms with Crippen LogP contribution in [-0.4, -0.2) is 97.3 Å². The summed E-state index contributed by atoms with van der Waals surface area (Å²) in [5.74, 6) is -0.529. The number of aromatic nitrogens is 3. The number of nitrogens with one attached hydrogen (secondary N) is 1. The zero-order valence-electron chi connectivity index (χ0n) is 22.2. The largest absolute Gasteiger partial charge is 0.463 e. The van der Waals surface area contributed by atoms with Crippen LogP contribution in [0.5, 0.6) is 6.01 Å². The van der Waals surface area contributed by atoms with Crippen LogP contribution >= 0.6 is 22.9 Å². The van der Waals surface area contributed by atoms with Gasteiger partial charge in [0.15, 0.2) is 10.9 Å². The third kappa shape index (κ3) is 5.38. The molecule has 2 aromatic heterocycles. The number of thiazole rings is 1. The molecule has 0 bridgehead atoms. The Morgan fingerprint density at radius 3 is 2.60 bits per heavy atom. The van der Waals surface area contributed by atoms with Crippen molar-refractivity contribution in [3.8, 4) is 17.1 Å². The van der Waals surface area contributed by atoms with Gasteiger partial charge in [-0.1, -0.05) is 22.9 Å². The summed E-state index contributed by atoms with van der Waals surface area (Å²) in [7, 11) is 2.14. The Kier molecular flexibility index (Phi) is 7.87. The van der Waals surface area contributed by atoms with Gasteiger partial charge in [0.2, 0.25) is 0 Å². The summed E-state index contributed by atoms with van der Waals surface area (Å²) in [4.78, 5) is 20.3. The normalized spacial score (nSPS) is 17.2. The van der Waals surface area contributed by atoms with Crippen molar-refractivity contribution in [3.63, 3.8) is 0 Å². The van der Waals surface area contributed by atoms with Crippen molar-refractivity contribution < 1.29 is 13.5 Å². The van der Waals surface area contributed by atoms with Gasteiger partial charge in [-0.05, 0) is 31.7 Å². The number of ether oxygens (including phenoxy) is 1. The number of nitrogen functional groups attached to an aromatic ring is 1. The molecule has 6 rings (SSSR count). The monoisotopic (exact) mass is 588 g/mol. The third-order valence-corrected chi connectivity index (χ3v) is 8.68. The zero-order valence-corrected chi connectivity index (χ0v) is 23.8. The van der Waals surface area contributed by atoms with Crippen LogP contribution in [0, 0.1) is 11.6 Å². The zero-order chi connectivity index (χ0) is 27.8. The first-order valence-electron chi connectivity index (χ1n) is 13.4. The van der Waals surface area contributed by atoms with E-state index in [0.717, 1.165) is 63.6 Å². The number of hydrogen-bond acceptors (Lipinski definition) is 10. The van der Waals surface area contributed by atoms with Crippen LogP contribution in [0.3, 0.4) is 0 Å². The van der Waals surface area contributed by atoms with Crippen LogP contribution in [-0.2, 0) is 0 Å². The van der Waals surface area contributed by atoms with Crippen LogP contribution in [0.25, 0.3) is 32.2 Å². The SMILES string of the molecule is CN1CCN(CCCOc2nc(N3CCNCC3)c3cc(Cl)c(-c4ccc(F)c5sc(N)nc45)c(F)c3n2)CC1. The molecule has 0 saturated carbocycles. The van der Waals surface area contributed by atoms with E-state index in [9.17, 15) is 4.39 Å². The van der Waals surface area contributed by atoms with Crippen molar-refractivity contribution in [1.29, 1.82) is 0 Å². The van der Waals surface area contributed by atoms with Gasteiger partial charge < -0.3 is 30.5 Å². The van der Waals surface area contributed by atoms with Crippen molar-refractivity contribution in [2.45, 2.75) is 6.42 Å². The highest BCUT2D eigenvalue weighted by molar-refractivity contribution is 7.22. The predicted molar refractivity (Wildman–Crippen MR) is 157 cm³/mol. The highest BCUT2D eigenvalue weighted by Gasteiger charge is 2.25. The smallest absolute Gasteiger partial charge is 0.319 e. The highest BCUT2D eigenvalue weighted by atomic mass is 35.5. The maximum Gasteiger partial charge on any atom is 0.319 e. The molecule has 13 heteroatoms. The molecular formula is C27H31ClF2N8OS. The second-order valence-corrected chi connectivity index (χ2v) is 11.6. The Hall–Kier alpha value is -2.90. The standard InChI is InChI=1S/C27H31ClF2N8OS/c1-36-10-12-37(13-11-36)7-2-14-39-27-34-22-17(25(35-27)38-8-5-32-6-9-38)15-18(28)20(21(22)30)16-3-4-19(29)24-23(16)33-26(31)40-24/h3-4,15,32H,2,5-14H2,1H3,(H2,31,33). The van der Waals surface area contributed by atoms with Crippen molar-refractivity contribution in [3.05, 3.63) is 34.9 Å². The van der Waals surface area contributed by atoms with Crippen LogP contribution < -0.4 is 20.7 Å². The van der Waals surface area contributed by atoms with Gasteiger partial charge in [0.05, 0.1) is 21.8 Å². The molecule has 4 aromatic rings. The summed E-state index contributed by atoms with van der Waals surface area (Å²) in [6.45, 7) is 8.47. The van der Waals surface area contributed by atoms with Gasteiger partial charge in [-0.15, -0.1) is 0 Å². The van der Waals surface area contributed by atoms with Crippen molar-refractivity contribution in [1.82, 2.24) is 30.1 Å². The van der Waals surface area contributed by atoms with Gasteiger partial charge in [0, 0.05) is 75.4 Å². The number of anilines is 2. The number of fused-ring (bicyclic) bond motifs is 2. The van der Waals surface area contributed by atoms with E-state index in [2.05, 4.69) is 37.0 Å². The number of nitrogens with two attached hydrogens (primary N) is 1. The van der Waals surface area contributed by atoms with Gasteiger partial charge in [0.25, 0.3) is 0 Å². The summed E-state index contributed by atoms with van der Waals surface area (Å²) in [6.07, 6.45) is 0.807. The Bertz CT molecular complexity index is 1540. The Labute approximate surface area is 239 Å². The molecule has 212 valence electrons. The van der Waals surface area contributed by atoms with Crippen molar-refractivity contribution in [2.24, 2.45) is 0 Å². The highest BCUT2D eigenvalue weighted by Crippen LogP contribution is 2.42. The first-order chi connectivity index (χ1) is 19.4. The van der Waals surface area contributed by atoms with E-state index in [4.69, 9.17) is 27.1 Å². The lowest BCUT2D eigenvalue weighted by atomic mass is 10.0. The summed E-state index contributed by atoms with van der Waals surface area (Å²) in [5.41, 5.74) is 6.67. The average molecular weight is 589 g/mol. The van der Waals surface area contributed by atoms with E-state index in [1.165, 1.54) is 12.1 Å². The maximum atomic E-state index is 16.4. The fourth-order valence-corrected chi connectivity index (χ4v) is 6.36. The molecule has 0 unspecified atom stereocenters. The first-order valence-corrected chi connectivity index (χ1v) is 14.6. The Morgan fingerprint density at radius 2 is 1.82 bits per heavy atom. The fraction of sp³-hybridized carbons (Fsp3) is 0.444. The second kappa shape index (κ2) is 11.5. The number of benzene rings is 2. The minimum absolute atomic E-state index is 0.0930. The number of halogens is 3. The van der Waals surface area contributed by atoms with Crippen molar-refractivity contribution in [2.75, 3.05) is 83.2 Å². The average Bonchev–Trinajstić information content (AvgIpc) is 3.36. The third-order valence-electron chi connectivity index (χ3n) is 7.49. The molecule has 0 spiro atoms. The van der Waals surface area contributed by atoms with Crippen LogP contribution in [0.4, 0.5) is 19.7 Å². The first kappa shape index (κ1) is 27.3. The summed E-state index contributed by atoms with van der Waals surface area (Å²) >= 11 is 7.72. The van der Waals surface area contributed by atoms with E-state index in [-0.39, 0.29) is 37.5 Å². The van der Waals surface area contributed by atoms with Gasteiger partial charge in [-0.3, -0.25) is 0 Å². The van der Waals surface area contributed by atoms with Crippen LogP contribution in [0.2, 0.25) is 5.02 Å². The van der Waals surface area contributed by atoms with Gasteiger partial charge in [0.1, 0.15) is 17.2 Å². The fourth-order valence-electron chi connectivity index (χ4n) is 5.31. The minimum Gasteiger partial charge on any atom is -0.463 e. The molecule has 2 fully saturated rings. The van der Waals surface area contributed by atoms with Crippen LogP contribution in [0.15, 0.2) is 18.2 Å². The van der Waals surface area contributed by atoms with Crippen LogP contribution in [0.1, 0.15) is 6.42 Å². The molecule has 3 N–H and O–H groups in total. The lowest BCUT2D eigenvalue weighted by Gasteiger charge is -2.32. The number of piperazine rings is 2. The predicted octanol–water partition coefficient (Wildman–Crippen LogP) is 3.85. The molecule has 9 nitrogen and oxygen atoms in total. The van der Waals surface area contributed by atoms with E-state index >= 15 is 4.39 Å². The van der Waals surface area contributed by atoms with E-state index < -0.39 is 11.6 Å². The lowest BCUT2D eigenvalue weighted by Crippen LogP contribution is -2.44. The number of nitrogens with zero attached hydrogens (tertiary/aromatic N) is 6. The van der Waals surface area contributed by atoms with Gasteiger partial charge in [-0.2, -0.15) is 9.97 Å². The molecule has 4 heterocycles. The number of hydrogen-bond donors (Lipinski definition) is 2. The summed E-state index contributed by atoms with van der Waals surface area (Å²) < 4.78 is 37.1. The topological polar surface area (TPSA) is 95.7 Å². The molecular weight excluding hydrogens is 558 g/mol. The van der Waals surface area contributed by atoms with Gasteiger partial charge >= 0.3 is 6.01 Å². The second-order valence-electron chi connectivity index (χ2n) is 10.2. The van der Waals surface area contributed by atoms with Crippen molar-refractivity contribution >= 4 is 55.0 Å². The summed E-state index contributed by atoms with van der Waals surface area (Å²) in [6, 6.07) is 4.54. The Balaban J connectivity index is 1.37. The summed E-state index contributed by atoms with van der Waals surface area (Å²) in [5, 5.41) is 4.17. The molecule has 0 atom stereocenters.